The van der Waals surface area contributed by atoms with Crippen LogP contribution in [0, 0.1) is 5.82 Å². The van der Waals surface area contributed by atoms with Gasteiger partial charge in [0.15, 0.2) is 0 Å². The van der Waals surface area contributed by atoms with Gasteiger partial charge in [0, 0.05) is 0 Å². The molecule has 0 spiro atoms. The van der Waals surface area contributed by atoms with E-state index < -0.39 is 11.0 Å². The zero-order valence-corrected chi connectivity index (χ0v) is 6.82. The van der Waals surface area contributed by atoms with Crippen LogP contribution in [0.2, 0.25) is 0 Å². The van der Waals surface area contributed by atoms with Crippen LogP contribution in [0.4, 0.5) is 4.39 Å². The summed E-state index contributed by atoms with van der Waals surface area (Å²) in [6, 6.07) is 5.54. The average molecular weight is 173 g/mol. The molecule has 1 N–H and O–H groups in total. The van der Waals surface area contributed by atoms with Crippen molar-refractivity contribution in [3.8, 4) is 0 Å². The second kappa shape index (κ2) is 3.59. The van der Waals surface area contributed by atoms with Crippen LogP contribution in [-0.2, 0) is 11.0 Å². The van der Waals surface area contributed by atoms with E-state index in [4.69, 9.17) is 0 Å². The second-order valence-corrected chi connectivity index (χ2v) is 3.34. The van der Waals surface area contributed by atoms with Crippen molar-refractivity contribution in [2.75, 3.05) is 7.05 Å². The van der Waals surface area contributed by atoms with Crippen LogP contribution in [-0.4, -0.2) is 11.3 Å². The molecular weight excluding hydrogens is 165 g/mol. The van der Waals surface area contributed by atoms with Gasteiger partial charge in [-0.2, -0.15) is 0 Å². The van der Waals surface area contributed by atoms with Crippen molar-refractivity contribution in [2.24, 2.45) is 0 Å². The topological polar surface area (TPSA) is 29.1 Å². The Hall–Kier alpha value is -0.740. The highest BCUT2D eigenvalue weighted by atomic mass is 32.2. The molecule has 1 aromatic rings. The maximum Gasteiger partial charge on any atom is 0.124 e. The second-order valence-electron chi connectivity index (χ2n) is 1.93. The van der Waals surface area contributed by atoms with Gasteiger partial charge in [0.25, 0.3) is 0 Å². The lowest BCUT2D eigenvalue weighted by molar-refractivity contribution is 0.626. The summed E-state index contributed by atoms with van der Waals surface area (Å²) in [5.41, 5.74) is 0. The highest BCUT2D eigenvalue weighted by Crippen LogP contribution is 2.05. The van der Waals surface area contributed by atoms with Crippen LogP contribution < -0.4 is 4.72 Å². The summed E-state index contributed by atoms with van der Waals surface area (Å²) in [5.74, 6) is -0.318. The number of rotatable bonds is 2. The van der Waals surface area contributed by atoms with E-state index in [2.05, 4.69) is 4.72 Å². The summed E-state index contributed by atoms with van der Waals surface area (Å²) in [5, 5.41) is 0. The van der Waals surface area contributed by atoms with E-state index in [0.717, 1.165) is 0 Å². The van der Waals surface area contributed by atoms with Gasteiger partial charge in [-0.05, 0) is 31.3 Å². The van der Waals surface area contributed by atoms with Crippen LogP contribution in [0.25, 0.3) is 0 Å². The van der Waals surface area contributed by atoms with Gasteiger partial charge in [-0.1, -0.05) is 0 Å². The summed E-state index contributed by atoms with van der Waals surface area (Å²) in [4.78, 5) is 0.578. The molecule has 60 valence electrons. The number of nitrogens with one attached hydrogen (secondary N) is 1. The Morgan fingerprint density at radius 1 is 1.36 bits per heavy atom. The Balaban J connectivity index is 2.90. The summed E-state index contributed by atoms with van der Waals surface area (Å²) in [7, 11) is 0.367. The first-order valence-corrected chi connectivity index (χ1v) is 4.24. The molecule has 0 radical (unpaired) electrons. The Morgan fingerprint density at radius 2 is 1.91 bits per heavy atom. The standard InChI is InChI=1S/C7H8FNOS/c1-9-11(10)7-4-2-6(8)3-5-7/h2-5,9H,1H3. The Kier molecular flexibility index (Phi) is 2.73. The van der Waals surface area contributed by atoms with E-state index in [9.17, 15) is 8.60 Å². The predicted molar refractivity (Wildman–Crippen MR) is 41.9 cm³/mol. The minimum Gasteiger partial charge on any atom is -0.238 e. The lowest BCUT2D eigenvalue weighted by atomic mass is 10.4. The Morgan fingerprint density at radius 3 is 2.36 bits per heavy atom. The molecule has 1 unspecified atom stereocenters. The maximum absolute atomic E-state index is 12.3. The van der Waals surface area contributed by atoms with Gasteiger partial charge in [0.05, 0.1) is 4.90 Å². The van der Waals surface area contributed by atoms with Gasteiger partial charge in [-0.25, -0.2) is 13.3 Å². The third kappa shape index (κ3) is 2.10. The molecular formula is C7H8FNOS. The first-order chi connectivity index (χ1) is 5.24. The maximum atomic E-state index is 12.3. The molecule has 11 heavy (non-hydrogen) atoms. The summed E-state index contributed by atoms with van der Waals surface area (Å²) >= 11 is 0. The molecule has 0 aliphatic carbocycles. The van der Waals surface area contributed by atoms with Crippen molar-refractivity contribution in [1.82, 2.24) is 4.72 Å². The zero-order valence-electron chi connectivity index (χ0n) is 6.00. The van der Waals surface area contributed by atoms with Crippen LogP contribution in [0.3, 0.4) is 0 Å². The van der Waals surface area contributed by atoms with Crippen molar-refractivity contribution in [2.45, 2.75) is 4.90 Å². The molecule has 0 aromatic heterocycles. The molecule has 0 bridgehead atoms. The molecule has 0 heterocycles. The summed E-state index contributed by atoms with van der Waals surface area (Å²) in [6.45, 7) is 0. The van der Waals surface area contributed by atoms with E-state index in [1.807, 2.05) is 0 Å². The zero-order chi connectivity index (χ0) is 8.27. The number of hydrogen-bond acceptors (Lipinski definition) is 1. The van der Waals surface area contributed by atoms with Crippen LogP contribution in [0.15, 0.2) is 29.2 Å². The fraction of sp³-hybridized carbons (Fsp3) is 0.143. The minimum absolute atomic E-state index is 0.318. The molecule has 0 aliphatic rings. The summed E-state index contributed by atoms with van der Waals surface area (Å²) in [6.07, 6.45) is 0. The van der Waals surface area contributed by atoms with Gasteiger partial charge in [0.2, 0.25) is 0 Å². The van der Waals surface area contributed by atoms with E-state index >= 15 is 0 Å². The lowest BCUT2D eigenvalue weighted by Crippen LogP contribution is -2.10. The van der Waals surface area contributed by atoms with Gasteiger partial charge in [0.1, 0.15) is 16.8 Å². The molecule has 0 aliphatic heterocycles. The van der Waals surface area contributed by atoms with Crippen LogP contribution in [0.1, 0.15) is 0 Å². The van der Waals surface area contributed by atoms with Crippen LogP contribution >= 0.6 is 0 Å². The lowest BCUT2D eigenvalue weighted by Gasteiger charge is -1.97. The SMILES string of the molecule is CNS(=O)c1ccc(F)cc1. The van der Waals surface area contributed by atoms with Crippen molar-refractivity contribution in [3.63, 3.8) is 0 Å². The molecule has 2 nitrogen and oxygen atoms in total. The van der Waals surface area contributed by atoms with Crippen molar-refractivity contribution >= 4 is 11.0 Å². The van der Waals surface area contributed by atoms with Crippen LogP contribution in [0.5, 0.6) is 0 Å². The average Bonchev–Trinajstić information content (AvgIpc) is 2.05. The molecule has 0 saturated heterocycles. The fourth-order valence-electron chi connectivity index (χ4n) is 0.676. The predicted octanol–water partition coefficient (Wildman–Crippen LogP) is 1.07. The van der Waals surface area contributed by atoms with E-state index in [0.29, 0.717) is 4.90 Å². The minimum atomic E-state index is -1.22. The molecule has 4 heteroatoms. The monoisotopic (exact) mass is 173 g/mol. The Bertz CT molecular complexity index is 260. The van der Waals surface area contributed by atoms with Gasteiger partial charge >= 0.3 is 0 Å². The highest BCUT2D eigenvalue weighted by Gasteiger charge is 1.98. The smallest absolute Gasteiger partial charge is 0.124 e. The van der Waals surface area contributed by atoms with Gasteiger partial charge in [-0.3, -0.25) is 0 Å². The van der Waals surface area contributed by atoms with E-state index in [-0.39, 0.29) is 5.82 Å². The first-order valence-electron chi connectivity index (χ1n) is 3.09. The molecule has 0 fully saturated rings. The number of hydrogen-bond donors (Lipinski definition) is 1. The first kappa shape index (κ1) is 8.36. The summed E-state index contributed by atoms with van der Waals surface area (Å²) < 4.78 is 25.9. The highest BCUT2D eigenvalue weighted by molar-refractivity contribution is 7.83. The largest absolute Gasteiger partial charge is 0.238 e. The third-order valence-corrected chi connectivity index (χ3v) is 2.28. The molecule has 0 amide bonds. The molecule has 1 aromatic carbocycles. The van der Waals surface area contributed by atoms with Crippen molar-refractivity contribution < 1.29 is 8.60 Å². The van der Waals surface area contributed by atoms with E-state index in [1.54, 1.807) is 7.05 Å². The quantitative estimate of drug-likeness (QED) is 0.712. The van der Waals surface area contributed by atoms with Crippen molar-refractivity contribution in [3.05, 3.63) is 30.1 Å². The molecule has 1 atom stereocenters. The van der Waals surface area contributed by atoms with Gasteiger partial charge < -0.3 is 0 Å². The number of benzene rings is 1. The van der Waals surface area contributed by atoms with E-state index in [1.165, 1.54) is 24.3 Å². The normalized spacial score (nSPS) is 12.9. The third-order valence-electron chi connectivity index (χ3n) is 1.21. The Labute approximate surface area is 67.0 Å². The fourth-order valence-corrected chi connectivity index (χ4v) is 1.30. The molecule has 1 rings (SSSR count). The number of halogens is 1. The molecule has 0 saturated carbocycles. The van der Waals surface area contributed by atoms with Crippen molar-refractivity contribution in [1.29, 1.82) is 0 Å². The van der Waals surface area contributed by atoms with Gasteiger partial charge in [-0.15, -0.1) is 0 Å².